The second-order valence-corrected chi connectivity index (χ2v) is 13.0. The SMILES string of the molecule is COc1c(O)cc2cc1Oc1ccc(cc1[N+]#N)[C@H](O)[C@H](NC(=O)OC(C)(C)C)C(=O)N[C@H](CC#N)C(=O)N[C@H]2C(=O)OC(C)(C)C.F[B-](F)(F)F. The van der Waals surface area contributed by atoms with Gasteiger partial charge in [0.25, 0.3) is 0 Å². The number of aromatic hydroxyl groups is 1. The number of hydrogen-bond donors (Lipinski definition) is 5. The quantitative estimate of drug-likeness (QED) is 0.123. The van der Waals surface area contributed by atoms with Crippen molar-refractivity contribution in [2.24, 2.45) is 0 Å². The van der Waals surface area contributed by atoms with Crippen molar-refractivity contribution in [1.29, 1.82) is 10.7 Å². The van der Waals surface area contributed by atoms with Crippen molar-refractivity contribution in [2.75, 3.05) is 7.11 Å². The first-order valence-electron chi connectivity index (χ1n) is 15.2. The molecule has 282 valence electrons. The molecule has 0 spiro atoms. The maximum absolute atomic E-state index is 13.6. The van der Waals surface area contributed by atoms with Gasteiger partial charge in [-0.15, -0.1) is 0 Å². The Balaban J connectivity index is 0.00000175. The molecule has 4 atom stereocenters. The van der Waals surface area contributed by atoms with Crippen LogP contribution in [0.1, 0.15) is 71.2 Å². The van der Waals surface area contributed by atoms with Crippen LogP contribution in [0.3, 0.4) is 0 Å². The van der Waals surface area contributed by atoms with Crippen molar-refractivity contribution >= 4 is 36.8 Å². The molecule has 5 N–H and O–H groups in total. The summed E-state index contributed by atoms with van der Waals surface area (Å²) in [4.78, 5) is 56.6. The first-order chi connectivity index (χ1) is 23.9. The number of nitrogens with one attached hydrogen (secondary N) is 3. The zero-order chi connectivity index (χ0) is 39.8. The number of halogens is 4. The van der Waals surface area contributed by atoms with Crippen molar-refractivity contribution in [3.05, 3.63) is 46.4 Å². The van der Waals surface area contributed by atoms with Gasteiger partial charge in [-0.1, -0.05) is 6.07 Å². The van der Waals surface area contributed by atoms with Crippen LogP contribution in [-0.2, 0) is 23.9 Å². The number of amides is 3. The molecule has 16 nitrogen and oxygen atoms in total. The average Bonchev–Trinajstić information content (AvgIpc) is 2.98. The van der Waals surface area contributed by atoms with Crippen molar-refractivity contribution in [1.82, 2.24) is 16.0 Å². The largest absolute Gasteiger partial charge is 0.673 e. The van der Waals surface area contributed by atoms with Gasteiger partial charge in [-0.3, -0.25) is 9.59 Å². The van der Waals surface area contributed by atoms with Crippen molar-refractivity contribution in [3.8, 4) is 29.1 Å². The zero-order valence-corrected chi connectivity index (χ0v) is 29.0. The van der Waals surface area contributed by atoms with Crippen LogP contribution in [-0.4, -0.2) is 71.7 Å². The monoisotopic (exact) mass is 740 g/mol. The molecule has 4 bridgehead atoms. The highest BCUT2D eigenvalue weighted by Crippen LogP contribution is 2.44. The number of nitrogens with zero attached hydrogens (tertiary/aromatic N) is 3. The Hall–Kier alpha value is -5.83. The number of diazo groups is 1. The number of alkyl carbamates (subject to hydrolysis) is 1. The smallest absolute Gasteiger partial charge is 0.504 e. The van der Waals surface area contributed by atoms with Crippen LogP contribution in [0.25, 0.3) is 4.98 Å². The minimum absolute atomic E-state index is 0.0386. The lowest BCUT2D eigenvalue weighted by molar-refractivity contribution is -0.159. The van der Waals surface area contributed by atoms with Gasteiger partial charge in [-0.2, -0.15) is 5.26 Å². The van der Waals surface area contributed by atoms with Crippen LogP contribution in [0, 0.1) is 16.7 Å². The van der Waals surface area contributed by atoms with Gasteiger partial charge in [0.15, 0.2) is 22.5 Å². The van der Waals surface area contributed by atoms with E-state index in [0.717, 1.165) is 12.1 Å². The highest BCUT2D eigenvalue weighted by atomic mass is 19.5. The third-order valence-corrected chi connectivity index (χ3v) is 6.38. The summed E-state index contributed by atoms with van der Waals surface area (Å²) in [5, 5.41) is 48.5. The predicted octanol–water partition coefficient (Wildman–Crippen LogP) is 4.82. The number of aliphatic hydroxyl groups excluding tert-OH is 1. The van der Waals surface area contributed by atoms with E-state index < -0.39 is 78.7 Å². The minimum atomic E-state index is -6.00. The Kier molecular flexibility index (Phi) is 13.8. The molecule has 0 unspecified atom stereocenters. The van der Waals surface area contributed by atoms with Gasteiger partial charge in [-0.25, -0.2) is 9.59 Å². The molecule has 2 aromatic rings. The highest BCUT2D eigenvalue weighted by Gasteiger charge is 2.38. The van der Waals surface area contributed by atoms with Crippen LogP contribution < -0.4 is 25.4 Å². The summed E-state index contributed by atoms with van der Waals surface area (Å²) in [6, 6.07) is 2.85. The average molecular weight is 740 g/mol. The lowest BCUT2D eigenvalue weighted by atomic mass is 9.99. The van der Waals surface area contributed by atoms with Gasteiger partial charge in [0.05, 0.1) is 19.6 Å². The summed E-state index contributed by atoms with van der Waals surface area (Å²) in [5.41, 5.74) is -2.35. The number of esters is 1. The maximum atomic E-state index is 13.6. The second kappa shape index (κ2) is 16.9. The standard InChI is InChI=1S/C31H36N6O10.BF4/c1-30(2,3)46-28(42)22-16-13-19(38)25(44-7)21(14-16)45-20-9-8-15(12-18(20)37-33)24(39)23(36-29(43)47-31(4,5)6)27(41)34-17(10-11-32)26(40)35-22;2-1(3,4)5/h8-9,12-14,17,22-24,39H,10H2,1-7H3,(H3-,34,35,36,38,40,41,43);/q;-1/p+1/t17-,22-,23+,24+;/m1./s1. The third-order valence-electron chi connectivity index (χ3n) is 6.38. The summed E-state index contributed by atoms with van der Waals surface area (Å²) >= 11 is 0. The van der Waals surface area contributed by atoms with Gasteiger partial charge in [0.1, 0.15) is 29.4 Å². The highest BCUT2D eigenvalue weighted by molar-refractivity contribution is 6.50. The Morgan fingerprint density at radius 1 is 0.981 bits per heavy atom. The number of hydrogen-bond acceptors (Lipinski definition) is 12. The third kappa shape index (κ3) is 12.8. The van der Waals surface area contributed by atoms with E-state index >= 15 is 0 Å². The van der Waals surface area contributed by atoms with Crippen molar-refractivity contribution in [2.45, 2.75) is 83.4 Å². The molecule has 0 aliphatic carbocycles. The van der Waals surface area contributed by atoms with Crippen LogP contribution in [0.4, 0.5) is 27.7 Å². The fraction of sp³-hybridized carbons (Fsp3) is 0.452. The van der Waals surface area contributed by atoms with E-state index in [4.69, 9.17) is 18.9 Å². The van der Waals surface area contributed by atoms with Crippen molar-refractivity contribution < 1.29 is 65.6 Å². The van der Waals surface area contributed by atoms with E-state index in [1.807, 2.05) is 0 Å². The van der Waals surface area contributed by atoms with E-state index in [1.54, 1.807) is 47.6 Å². The lowest BCUT2D eigenvalue weighted by Crippen LogP contribution is -2.56. The number of ether oxygens (including phenoxy) is 4. The topological polar surface area (TPSA) is 234 Å². The number of carbonyl (C=O) groups excluding carboxylic acids is 4. The number of methoxy groups -OCH3 is 1. The molecule has 3 amide bonds. The minimum Gasteiger partial charge on any atom is -0.504 e. The molecule has 0 radical (unpaired) electrons. The molecule has 2 aliphatic heterocycles. The van der Waals surface area contributed by atoms with Crippen LogP contribution in [0.5, 0.6) is 23.0 Å². The molecule has 21 heteroatoms. The Labute approximate surface area is 295 Å². The second-order valence-electron chi connectivity index (χ2n) is 13.0. The van der Waals surface area contributed by atoms with Gasteiger partial charge in [0.2, 0.25) is 28.7 Å². The molecular weight excluding hydrogens is 703 g/mol. The summed E-state index contributed by atoms with van der Waals surface area (Å²) in [6.07, 6.45) is -3.51. The van der Waals surface area contributed by atoms with Gasteiger partial charge >= 0.3 is 25.0 Å². The number of aliphatic hydroxyl groups is 1. The maximum Gasteiger partial charge on any atom is 0.673 e. The molecular formula is C31H37BF4N6O10. The first kappa shape index (κ1) is 42.3. The number of phenols is 1. The van der Waals surface area contributed by atoms with Gasteiger partial charge < -0.3 is 62.4 Å². The van der Waals surface area contributed by atoms with E-state index in [2.05, 4.69) is 20.9 Å². The fourth-order valence-corrected chi connectivity index (χ4v) is 4.42. The Morgan fingerprint density at radius 3 is 2.10 bits per heavy atom. The van der Waals surface area contributed by atoms with Crippen LogP contribution in [0.2, 0.25) is 0 Å². The molecule has 0 fully saturated rings. The molecule has 2 aromatic carbocycles. The number of rotatable bonds is 4. The van der Waals surface area contributed by atoms with E-state index in [-0.39, 0.29) is 34.1 Å². The van der Waals surface area contributed by atoms with Gasteiger partial charge in [-0.05, 0) is 70.9 Å². The molecule has 2 heterocycles. The number of fused-ring (bicyclic) bond motifs is 9. The van der Waals surface area contributed by atoms with Crippen molar-refractivity contribution in [3.63, 3.8) is 0 Å². The summed E-state index contributed by atoms with van der Waals surface area (Å²) in [6.45, 7) is 9.51. The molecule has 0 aromatic heterocycles. The molecule has 52 heavy (non-hydrogen) atoms. The van der Waals surface area contributed by atoms with Gasteiger partial charge in [0, 0.05) is 6.07 Å². The van der Waals surface area contributed by atoms with E-state index in [9.17, 15) is 57.3 Å². The number of phenolic OH excluding ortho intramolecular Hbond substituents is 1. The first-order valence-corrected chi connectivity index (χ1v) is 15.2. The normalized spacial score (nSPS) is 19.2. The van der Waals surface area contributed by atoms with E-state index in [1.165, 1.54) is 25.3 Å². The summed E-state index contributed by atoms with van der Waals surface area (Å²) in [7, 11) is -4.76. The number of carbonyl (C=O) groups is 4. The van der Waals surface area contributed by atoms with E-state index in [0.29, 0.717) is 0 Å². The predicted molar refractivity (Wildman–Crippen MR) is 173 cm³/mol. The fourth-order valence-electron chi connectivity index (χ4n) is 4.42. The molecule has 2 aliphatic rings. The molecule has 4 rings (SSSR count). The number of benzene rings is 2. The lowest BCUT2D eigenvalue weighted by Gasteiger charge is -2.29. The molecule has 0 saturated heterocycles. The van der Waals surface area contributed by atoms with Crippen LogP contribution >= 0.6 is 0 Å². The zero-order valence-electron chi connectivity index (χ0n) is 29.0. The number of nitriles is 1. The summed E-state index contributed by atoms with van der Waals surface area (Å²) in [5.74, 6) is -4.09. The Bertz CT molecular complexity index is 1750. The van der Waals surface area contributed by atoms with Crippen LogP contribution in [0.15, 0.2) is 30.3 Å². The summed E-state index contributed by atoms with van der Waals surface area (Å²) < 4.78 is 61.0. The Morgan fingerprint density at radius 2 is 1.58 bits per heavy atom. The molecule has 0 saturated carbocycles.